The number of carboxylic acid groups (broad SMARTS) is 1. The van der Waals surface area contributed by atoms with E-state index >= 15 is 0 Å². The molecule has 3 N–H and O–H groups in total. The van der Waals surface area contributed by atoms with Crippen LogP contribution in [0.5, 0.6) is 0 Å². The predicted molar refractivity (Wildman–Crippen MR) is 108 cm³/mol. The highest BCUT2D eigenvalue weighted by Crippen LogP contribution is 2.28. The van der Waals surface area contributed by atoms with Crippen LogP contribution >= 0.6 is 11.8 Å². The lowest BCUT2D eigenvalue weighted by Crippen LogP contribution is -2.27. The first-order valence-corrected chi connectivity index (χ1v) is 10.7. The van der Waals surface area contributed by atoms with Gasteiger partial charge >= 0.3 is 6.09 Å². The van der Waals surface area contributed by atoms with Crippen molar-refractivity contribution in [3.63, 3.8) is 0 Å². The molecular formula is C19H22F2N4O3S. The molecule has 4 rings (SSSR count). The van der Waals surface area contributed by atoms with Crippen molar-refractivity contribution in [2.24, 2.45) is 0 Å². The Morgan fingerprint density at radius 3 is 2.79 bits per heavy atom. The summed E-state index contributed by atoms with van der Waals surface area (Å²) in [6, 6.07) is 3.28. The highest BCUT2D eigenvalue weighted by molar-refractivity contribution is 7.99. The van der Waals surface area contributed by atoms with Crippen molar-refractivity contribution in [1.82, 2.24) is 14.9 Å². The standard InChI is InChI=1S/C19H22F2N4O3S/c20-12-5-11(22-10-3-1-2-4-10)6-14-17(12)18(26)24-16(23-14)9-29-15-8-25(19(27)28)7-13(15)21/h5-6,10,13,15,22H,1-4,7-9H2,(H,27,28)(H,23,24,26)/t13-,15+/m0/s1. The minimum absolute atomic E-state index is 0.0864. The zero-order valence-corrected chi connectivity index (χ0v) is 16.5. The molecule has 2 heterocycles. The number of fused-ring (bicyclic) bond motifs is 1. The van der Waals surface area contributed by atoms with E-state index in [0.717, 1.165) is 30.6 Å². The minimum atomic E-state index is -1.28. The number of likely N-dealkylation sites (tertiary alicyclic amines) is 1. The lowest BCUT2D eigenvalue weighted by molar-refractivity contribution is 0.152. The second-order valence-corrected chi connectivity index (χ2v) is 8.77. The lowest BCUT2D eigenvalue weighted by atomic mass is 10.2. The smallest absolute Gasteiger partial charge is 0.407 e. The quantitative estimate of drug-likeness (QED) is 0.681. The minimum Gasteiger partial charge on any atom is -0.465 e. The maximum atomic E-state index is 14.5. The van der Waals surface area contributed by atoms with Gasteiger partial charge < -0.3 is 20.3 Å². The summed E-state index contributed by atoms with van der Waals surface area (Å²) in [7, 11) is 0. The monoisotopic (exact) mass is 424 g/mol. The molecule has 1 aromatic heterocycles. The number of nitrogens with zero attached hydrogens (tertiary/aromatic N) is 2. The highest BCUT2D eigenvalue weighted by Gasteiger charge is 2.35. The van der Waals surface area contributed by atoms with Gasteiger partial charge in [-0.2, -0.15) is 0 Å². The summed E-state index contributed by atoms with van der Waals surface area (Å²) in [6.45, 7) is -0.0703. The number of amides is 1. The topological polar surface area (TPSA) is 98.3 Å². The Labute approximate surface area is 169 Å². The van der Waals surface area contributed by atoms with E-state index in [-0.39, 0.29) is 29.7 Å². The molecule has 29 heavy (non-hydrogen) atoms. The number of aromatic amines is 1. The maximum Gasteiger partial charge on any atom is 0.407 e. The number of carbonyl (C=O) groups is 1. The molecule has 1 aliphatic carbocycles. The fraction of sp³-hybridized carbons (Fsp3) is 0.526. The maximum absolute atomic E-state index is 14.5. The van der Waals surface area contributed by atoms with Gasteiger partial charge in [0.15, 0.2) is 0 Å². The van der Waals surface area contributed by atoms with Gasteiger partial charge in [-0.1, -0.05) is 12.8 Å². The molecule has 7 nitrogen and oxygen atoms in total. The molecule has 0 bridgehead atoms. The van der Waals surface area contributed by atoms with Crippen LogP contribution in [0.1, 0.15) is 31.5 Å². The number of alkyl halides is 1. The summed E-state index contributed by atoms with van der Waals surface area (Å²) in [5, 5.41) is 11.7. The number of hydrogen-bond donors (Lipinski definition) is 3. The first-order chi connectivity index (χ1) is 13.9. The van der Waals surface area contributed by atoms with Crippen LogP contribution in [0.2, 0.25) is 0 Å². The van der Waals surface area contributed by atoms with Crippen LogP contribution in [-0.2, 0) is 5.75 Å². The summed E-state index contributed by atoms with van der Waals surface area (Å²) < 4.78 is 28.6. The van der Waals surface area contributed by atoms with Crippen molar-refractivity contribution in [3.05, 3.63) is 34.1 Å². The fourth-order valence-electron chi connectivity index (χ4n) is 3.96. The van der Waals surface area contributed by atoms with E-state index in [1.807, 2.05) is 0 Å². The Morgan fingerprint density at radius 1 is 1.34 bits per heavy atom. The number of rotatable bonds is 5. The molecule has 0 unspecified atom stereocenters. The molecule has 2 aromatic rings. The van der Waals surface area contributed by atoms with E-state index in [1.165, 1.54) is 17.8 Å². The van der Waals surface area contributed by atoms with Gasteiger partial charge in [-0.3, -0.25) is 4.79 Å². The molecule has 0 spiro atoms. The molecule has 2 fully saturated rings. The van der Waals surface area contributed by atoms with Crippen LogP contribution in [0, 0.1) is 5.82 Å². The predicted octanol–water partition coefficient (Wildman–Crippen LogP) is 3.35. The van der Waals surface area contributed by atoms with Gasteiger partial charge in [0.25, 0.3) is 5.56 Å². The highest BCUT2D eigenvalue weighted by atomic mass is 32.2. The number of halogens is 2. The molecule has 10 heteroatoms. The Morgan fingerprint density at radius 2 is 2.10 bits per heavy atom. The van der Waals surface area contributed by atoms with E-state index in [2.05, 4.69) is 15.3 Å². The van der Waals surface area contributed by atoms with Crippen LogP contribution in [-0.4, -0.2) is 56.6 Å². The number of thioether (sulfide) groups is 1. The van der Waals surface area contributed by atoms with Gasteiger partial charge in [0.05, 0.1) is 23.1 Å². The number of benzene rings is 1. The van der Waals surface area contributed by atoms with E-state index in [9.17, 15) is 18.4 Å². The normalized spacial score (nSPS) is 22.5. The molecule has 1 aliphatic heterocycles. The Bertz CT molecular complexity index is 980. The van der Waals surface area contributed by atoms with Gasteiger partial charge in [0, 0.05) is 18.3 Å². The van der Waals surface area contributed by atoms with E-state index in [4.69, 9.17) is 5.11 Å². The van der Waals surface area contributed by atoms with Crippen LogP contribution in [0.25, 0.3) is 10.9 Å². The molecule has 1 saturated heterocycles. The zero-order valence-electron chi connectivity index (χ0n) is 15.7. The summed E-state index contributed by atoms with van der Waals surface area (Å²) in [4.78, 5) is 31.3. The average molecular weight is 424 g/mol. The summed E-state index contributed by atoms with van der Waals surface area (Å²) >= 11 is 1.20. The summed E-state index contributed by atoms with van der Waals surface area (Å²) in [5.74, 6) is -0.121. The largest absolute Gasteiger partial charge is 0.465 e. The third-order valence-electron chi connectivity index (χ3n) is 5.44. The lowest BCUT2D eigenvalue weighted by Gasteiger charge is -2.15. The molecular weight excluding hydrogens is 402 g/mol. The van der Waals surface area contributed by atoms with Crippen molar-refractivity contribution >= 4 is 34.4 Å². The van der Waals surface area contributed by atoms with Crippen molar-refractivity contribution in [3.8, 4) is 0 Å². The second-order valence-electron chi connectivity index (χ2n) is 7.54. The van der Waals surface area contributed by atoms with Crippen LogP contribution < -0.4 is 10.9 Å². The van der Waals surface area contributed by atoms with Gasteiger partial charge in [-0.05, 0) is 25.0 Å². The Kier molecular flexibility index (Phi) is 5.62. The van der Waals surface area contributed by atoms with Crippen molar-refractivity contribution in [2.45, 2.75) is 48.9 Å². The molecule has 2 aliphatic rings. The third kappa shape index (κ3) is 4.31. The van der Waals surface area contributed by atoms with E-state index < -0.39 is 28.9 Å². The molecule has 1 amide bonds. The van der Waals surface area contributed by atoms with Crippen LogP contribution in [0.15, 0.2) is 16.9 Å². The van der Waals surface area contributed by atoms with Crippen LogP contribution in [0.3, 0.4) is 0 Å². The van der Waals surface area contributed by atoms with Crippen molar-refractivity contribution in [2.75, 3.05) is 18.4 Å². The first-order valence-electron chi connectivity index (χ1n) is 9.63. The zero-order chi connectivity index (χ0) is 20.5. The van der Waals surface area contributed by atoms with Crippen LogP contribution in [0.4, 0.5) is 19.3 Å². The number of nitrogens with one attached hydrogen (secondary N) is 2. The fourth-order valence-corrected chi connectivity index (χ4v) is 5.05. The second kappa shape index (κ2) is 8.17. The third-order valence-corrected chi connectivity index (χ3v) is 6.75. The van der Waals surface area contributed by atoms with Crippen molar-refractivity contribution in [1.29, 1.82) is 0 Å². The average Bonchev–Trinajstić information content (AvgIpc) is 3.29. The Hall–Kier alpha value is -2.36. The number of aromatic nitrogens is 2. The van der Waals surface area contributed by atoms with Gasteiger partial charge in [0.2, 0.25) is 0 Å². The van der Waals surface area contributed by atoms with E-state index in [0.29, 0.717) is 17.6 Å². The van der Waals surface area contributed by atoms with Gasteiger partial charge in [0.1, 0.15) is 23.2 Å². The summed E-state index contributed by atoms with van der Waals surface area (Å²) in [5.41, 5.74) is 0.265. The number of anilines is 1. The van der Waals surface area contributed by atoms with Gasteiger partial charge in [-0.15, -0.1) is 11.8 Å². The molecule has 0 radical (unpaired) electrons. The molecule has 2 atom stereocenters. The SMILES string of the molecule is O=C(O)N1C[C@H](F)[C@H](SCc2nc3cc(NC4CCCC4)cc(F)c3c(=O)[nH]2)C1. The molecule has 1 saturated carbocycles. The first kappa shape index (κ1) is 19.9. The summed E-state index contributed by atoms with van der Waals surface area (Å²) in [6.07, 6.45) is 1.92. The number of hydrogen-bond acceptors (Lipinski definition) is 5. The van der Waals surface area contributed by atoms with Gasteiger partial charge in [-0.25, -0.2) is 18.6 Å². The van der Waals surface area contributed by atoms with E-state index in [1.54, 1.807) is 6.07 Å². The van der Waals surface area contributed by atoms with Crippen molar-refractivity contribution < 1.29 is 18.7 Å². The molecule has 1 aromatic carbocycles. The molecule has 156 valence electrons. The Balaban J connectivity index is 1.52. The number of H-pyrrole nitrogens is 1.